The normalized spacial score (nSPS) is 10.1. The number of benzene rings is 1. The van der Waals surface area contributed by atoms with Gasteiger partial charge in [-0.2, -0.15) is 0 Å². The Morgan fingerprint density at radius 3 is 2.44 bits per heavy atom. The molecule has 0 unspecified atom stereocenters. The minimum atomic E-state index is -0.515. The summed E-state index contributed by atoms with van der Waals surface area (Å²) < 4.78 is 0. The smallest absolute Gasteiger partial charge is 0.251 e. The van der Waals surface area contributed by atoms with Crippen molar-refractivity contribution in [2.45, 2.75) is 33.1 Å². The summed E-state index contributed by atoms with van der Waals surface area (Å²) in [5, 5.41) is 2.84. The largest absolute Gasteiger partial charge is 0.366 e. The molecular weight excluding hydrogens is 228 g/mol. The van der Waals surface area contributed by atoms with Crippen LogP contribution in [0.3, 0.4) is 0 Å². The summed E-state index contributed by atoms with van der Waals surface area (Å²) in [6.45, 7) is 4.61. The Bertz CT molecular complexity index is 441. The van der Waals surface area contributed by atoms with Crippen LogP contribution in [0, 0.1) is 6.92 Å². The molecule has 1 rings (SSSR count). The van der Waals surface area contributed by atoms with Gasteiger partial charge in [-0.1, -0.05) is 19.8 Å². The Morgan fingerprint density at radius 2 is 1.83 bits per heavy atom. The molecule has 0 aromatic heterocycles. The number of nitrogens with two attached hydrogens (primary N) is 1. The molecule has 98 valence electrons. The van der Waals surface area contributed by atoms with Crippen LogP contribution in [0.15, 0.2) is 18.2 Å². The number of amides is 2. The van der Waals surface area contributed by atoms with Crippen molar-refractivity contribution in [3.8, 4) is 0 Å². The minimum Gasteiger partial charge on any atom is -0.366 e. The number of carbonyl (C=O) groups excluding carboxylic acids is 2. The Hall–Kier alpha value is -1.84. The van der Waals surface area contributed by atoms with Crippen LogP contribution in [-0.2, 0) is 0 Å². The Labute approximate surface area is 108 Å². The van der Waals surface area contributed by atoms with E-state index in [1.165, 1.54) is 6.07 Å². The van der Waals surface area contributed by atoms with Gasteiger partial charge in [-0.05, 0) is 37.1 Å². The third-order valence-corrected chi connectivity index (χ3v) is 2.69. The van der Waals surface area contributed by atoms with Gasteiger partial charge < -0.3 is 11.1 Å². The molecule has 3 N–H and O–H groups in total. The molecule has 1 aromatic carbocycles. The summed E-state index contributed by atoms with van der Waals surface area (Å²) in [7, 11) is 0. The maximum atomic E-state index is 11.9. The minimum absolute atomic E-state index is 0.155. The van der Waals surface area contributed by atoms with Crippen LogP contribution >= 0.6 is 0 Å². The van der Waals surface area contributed by atoms with Gasteiger partial charge in [0.05, 0.1) is 0 Å². The molecule has 2 amide bonds. The topological polar surface area (TPSA) is 72.2 Å². The lowest BCUT2D eigenvalue weighted by molar-refractivity contribution is 0.0953. The molecule has 0 aliphatic heterocycles. The SMILES string of the molecule is CCCCCNC(=O)c1cc(C)cc(C(N)=O)c1. The van der Waals surface area contributed by atoms with Gasteiger partial charge in [0, 0.05) is 17.7 Å². The Balaban J connectivity index is 2.70. The van der Waals surface area contributed by atoms with Crippen LogP contribution in [-0.4, -0.2) is 18.4 Å². The average molecular weight is 248 g/mol. The summed E-state index contributed by atoms with van der Waals surface area (Å²) in [6.07, 6.45) is 3.18. The first-order chi connectivity index (χ1) is 8.54. The van der Waals surface area contributed by atoms with Crippen LogP contribution in [0.1, 0.15) is 52.5 Å². The van der Waals surface area contributed by atoms with E-state index in [4.69, 9.17) is 5.73 Å². The van der Waals surface area contributed by atoms with E-state index < -0.39 is 5.91 Å². The standard InChI is InChI=1S/C14H20N2O2/c1-3-4-5-6-16-14(18)12-8-10(2)7-11(9-12)13(15)17/h7-9H,3-6H2,1-2H3,(H2,15,17)(H,16,18). The van der Waals surface area contributed by atoms with Crippen LogP contribution in [0.25, 0.3) is 0 Å². The van der Waals surface area contributed by atoms with Gasteiger partial charge in [0.25, 0.3) is 5.91 Å². The summed E-state index contributed by atoms with van der Waals surface area (Å²) in [5.74, 6) is -0.670. The highest BCUT2D eigenvalue weighted by Crippen LogP contribution is 2.09. The molecule has 0 aliphatic rings. The highest BCUT2D eigenvalue weighted by Gasteiger charge is 2.09. The van der Waals surface area contributed by atoms with Crippen molar-refractivity contribution in [1.82, 2.24) is 5.32 Å². The van der Waals surface area contributed by atoms with E-state index in [1.54, 1.807) is 12.1 Å². The number of aryl methyl sites for hydroxylation is 1. The molecular formula is C14H20N2O2. The van der Waals surface area contributed by atoms with Gasteiger partial charge in [0.15, 0.2) is 0 Å². The van der Waals surface area contributed by atoms with Crippen molar-refractivity contribution in [2.75, 3.05) is 6.54 Å². The summed E-state index contributed by atoms with van der Waals surface area (Å²) >= 11 is 0. The fourth-order valence-corrected chi connectivity index (χ4v) is 1.74. The van der Waals surface area contributed by atoms with Crippen molar-refractivity contribution in [3.05, 3.63) is 34.9 Å². The summed E-state index contributed by atoms with van der Waals surface area (Å²) in [5.41, 5.74) is 6.93. The maximum Gasteiger partial charge on any atom is 0.251 e. The van der Waals surface area contributed by atoms with Gasteiger partial charge in [0.1, 0.15) is 0 Å². The monoisotopic (exact) mass is 248 g/mol. The van der Waals surface area contributed by atoms with Gasteiger partial charge >= 0.3 is 0 Å². The number of carbonyl (C=O) groups is 2. The lowest BCUT2D eigenvalue weighted by atomic mass is 10.1. The predicted molar refractivity (Wildman–Crippen MR) is 71.6 cm³/mol. The van der Waals surface area contributed by atoms with Crippen LogP contribution in [0.2, 0.25) is 0 Å². The highest BCUT2D eigenvalue weighted by atomic mass is 16.2. The molecule has 0 saturated carbocycles. The van der Waals surface area contributed by atoms with Crippen molar-refractivity contribution in [2.24, 2.45) is 5.73 Å². The lowest BCUT2D eigenvalue weighted by Crippen LogP contribution is -2.25. The zero-order chi connectivity index (χ0) is 13.5. The van der Waals surface area contributed by atoms with Gasteiger partial charge in [-0.15, -0.1) is 0 Å². The first-order valence-electron chi connectivity index (χ1n) is 6.24. The van der Waals surface area contributed by atoms with E-state index in [1.807, 2.05) is 6.92 Å². The molecule has 0 aliphatic carbocycles. The van der Waals surface area contributed by atoms with Crippen LogP contribution < -0.4 is 11.1 Å². The number of nitrogens with one attached hydrogen (secondary N) is 1. The van der Waals surface area contributed by atoms with Crippen molar-refractivity contribution >= 4 is 11.8 Å². The summed E-state index contributed by atoms with van der Waals surface area (Å²) in [4.78, 5) is 23.0. The second kappa shape index (κ2) is 6.79. The maximum absolute atomic E-state index is 11.9. The number of hydrogen-bond donors (Lipinski definition) is 2. The summed E-state index contributed by atoms with van der Waals surface area (Å²) in [6, 6.07) is 4.96. The molecule has 0 atom stereocenters. The molecule has 0 heterocycles. The quantitative estimate of drug-likeness (QED) is 0.756. The zero-order valence-corrected chi connectivity index (χ0v) is 11.0. The third kappa shape index (κ3) is 4.20. The van der Waals surface area contributed by atoms with E-state index in [-0.39, 0.29) is 5.91 Å². The second-order valence-corrected chi connectivity index (χ2v) is 4.41. The number of primary amides is 1. The predicted octanol–water partition coefficient (Wildman–Crippen LogP) is 2.01. The zero-order valence-electron chi connectivity index (χ0n) is 11.0. The molecule has 18 heavy (non-hydrogen) atoms. The lowest BCUT2D eigenvalue weighted by Gasteiger charge is -2.07. The van der Waals surface area contributed by atoms with Crippen molar-refractivity contribution in [3.63, 3.8) is 0 Å². The first-order valence-corrected chi connectivity index (χ1v) is 6.24. The molecule has 0 fully saturated rings. The van der Waals surface area contributed by atoms with E-state index in [9.17, 15) is 9.59 Å². The van der Waals surface area contributed by atoms with E-state index in [2.05, 4.69) is 12.2 Å². The fraction of sp³-hybridized carbons (Fsp3) is 0.429. The van der Waals surface area contributed by atoms with E-state index >= 15 is 0 Å². The molecule has 4 heteroatoms. The van der Waals surface area contributed by atoms with Gasteiger partial charge in [-0.25, -0.2) is 0 Å². The number of unbranched alkanes of at least 4 members (excludes halogenated alkanes) is 2. The molecule has 0 radical (unpaired) electrons. The molecule has 4 nitrogen and oxygen atoms in total. The number of rotatable bonds is 6. The van der Waals surface area contributed by atoms with E-state index in [0.717, 1.165) is 24.8 Å². The Morgan fingerprint density at radius 1 is 1.17 bits per heavy atom. The second-order valence-electron chi connectivity index (χ2n) is 4.41. The third-order valence-electron chi connectivity index (χ3n) is 2.69. The average Bonchev–Trinajstić information content (AvgIpc) is 2.33. The van der Waals surface area contributed by atoms with Gasteiger partial charge in [0.2, 0.25) is 5.91 Å². The molecule has 1 aromatic rings. The van der Waals surface area contributed by atoms with E-state index in [0.29, 0.717) is 17.7 Å². The van der Waals surface area contributed by atoms with Crippen LogP contribution in [0.4, 0.5) is 0 Å². The van der Waals surface area contributed by atoms with Gasteiger partial charge in [-0.3, -0.25) is 9.59 Å². The fourth-order valence-electron chi connectivity index (χ4n) is 1.74. The van der Waals surface area contributed by atoms with Crippen LogP contribution in [0.5, 0.6) is 0 Å². The van der Waals surface area contributed by atoms with Crippen molar-refractivity contribution in [1.29, 1.82) is 0 Å². The highest BCUT2D eigenvalue weighted by molar-refractivity contribution is 5.99. The number of hydrogen-bond acceptors (Lipinski definition) is 2. The molecule has 0 saturated heterocycles. The first kappa shape index (κ1) is 14.2. The Kier molecular flexibility index (Phi) is 5.36. The molecule has 0 spiro atoms. The molecule has 0 bridgehead atoms. The van der Waals surface area contributed by atoms with Crippen molar-refractivity contribution < 1.29 is 9.59 Å².